The number of hydrogen-bond donors (Lipinski definition) is 1. The van der Waals surface area contributed by atoms with Crippen molar-refractivity contribution in [3.63, 3.8) is 0 Å². The van der Waals surface area contributed by atoms with E-state index in [0.717, 1.165) is 18.5 Å². The van der Waals surface area contributed by atoms with Gasteiger partial charge in [-0.05, 0) is 25.0 Å². The van der Waals surface area contributed by atoms with Gasteiger partial charge in [0.15, 0.2) is 11.6 Å². The van der Waals surface area contributed by atoms with Crippen molar-refractivity contribution >= 4 is 29.0 Å². The van der Waals surface area contributed by atoms with Crippen LogP contribution in [0.2, 0.25) is 10.0 Å². The van der Waals surface area contributed by atoms with Crippen molar-refractivity contribution in [2.75, 3.05) is 5.73 Å². The number of aromatic nitrogens is 3. The SMILES string of the molecule is Nc1nnn(-c2cc(Cl)c(F)c(Cl)c2)c1C1CC1. The molecule has 0 saturated heterocycles. The molecule has 2 aromatic rings. The van der Waals surface area contributed by atoms with Crippen LogP contribution in [0.4, 0.5) is 10.2 Å². The molecule has 1 aromatic carbocycles. The summed E-state index contributed by atoms with van der Waals surface area (Å²) in [6.07, 6.45) is 2.11. The van der Waals surface area contributed by atoms with Crippen molar-refractivity contribution in [1.29, 1.82) is 0 Å². The van der Waals surface area contributed by atoms with Crippen LogP contribution in [0, 0.1) is 5.82 Å². The Balaban J connectivity index is 2.15. The number of hydrogen-bond acceptors (Lipinski definition) is 3. The fourth-order valence-electron chi connectivity index (χ4n) is 1.89. The summed E-state index contributed by atoms with van der Waals surface area (Å²) in [5, 5.41) is 7.71. The highest BCUT2D eigenvalue weighted by Crippen LogP contribution is 2.43. The van der Waals surface area contributed by atoms with Crippen LogP contribution in [0.15, 0.2) is 12.1 Å². The van der Waals surface area contributed by atoms with E-state index < -0.39 is 5.82 Å². The fourth-order valence-corrected chi connectivity index (χ4v) is 2.37. The summed E-state index contributed by atoms with van der Waals surface area (Å²) in [6.45, 7) is 0. The largest absolute Gasteiger partial charge is 0.381 e. The third-order valence-corrected chi connectivity index (χ3v) is 3.46. The van der Waals surface area contributed by atoms with Crippen LogP contribution in [0.25, 0.3) is 5.69 Å². The van der Waals surface area contributed by atoms with Crippen LogP contribution < -0.4 is 5.73 Å². The number of rotatable bonds is 2. The molecule has 1 aliphatic carbocycles. The van der Waals surface area contributed by atoms with Crippen LogP contribution in [-0.2, 0) is 0 Å². The van der Waals surface area contributed by atoms with Gasteiger partial charge in [-0.25, -0.2) is 9.07 Å². The van der Waals surface area contributed by atoms with Gasteiger partial charge in [-0.2, -0.15) is 0 Å². The lowest BCUT2D eigenvalue weighted by Crippen LogP contribution is -2.03. The van der Waals surface area contributed by atoms with E-state index in [1.807, 2.05) is 0 Å². The molecule has 1 fully saturated rings. The Hall–Kier alpha value is -1.33. The van der Waals surface area contributed by atoms with E-state index in [-0.39, 0.29) is 10.0 Å². The first-order valence-corrected chi connectivity index (χ1v) is 6.19. The van der Waals surface area contributed by atoms with Crippen LogP contribution in [0.1, 0.15) is 24.5 Å². The highest BCUT2D eigenvalue weighted by molar-refractivity contribution is 6.35. The van der Waals surface area contributed by atoms with Crippen LogP contribution in [-0.4, -0.2) is 15.0 Å². The number of benzene rings is 1. The Kier molecular flexibility index (Phi) is 2.68. The maximum Gasteiger partial charge on any atom is 0.169 e. The standard InChI is InChI=1S/C11H9Cl2FN4/c12-7-3-6(4-8(13)9(7)14)18-10(5-1-2-5)11(15)16-17-18/h3-5H,1-2,15H2. The third-order valence-electron chi connectivity index (χ3n) is 2.91. The molecule has 1 saturated carbocycles. The van der Waals surface area contributed by atoms with Gasteiger partial charge in [0.05, 0.1) is 21.4 Å². The molecule has 1 aromatic heterocycles. The van der Waals surface area contributed by atoms with E-state index in [9.17, 15) is 4.39 Å². The van der Waals surface area contributed by atoms with E-state index >= 15 is 0 Å². The number of nitrogens with zero attached hydrogens (tertiary/aromatic N) is 3. The second kappa shape index (κ2) is 4.10. The minimum Gasteiger partial charge on any atom is -0.381 e. The quantitative estimate of drug-likeness (QED) is 0.863. The zero-order chi connectivity index (χ0) is 12.9. The van der Waals surface area contributed by atoms with Gasteiger partial charge >= 0.3 is 0 Å². The minimum absolute atomic E-state index is 0.0479. The van der Waals surface area contributed by atoms with Crippen molar-refractivity contribution in [1.82, 2.24) is 15.0 Å². The van der Waals surface area contributed by atoms with Gasteiger partial charge in [0.1, 0.15) is 0 Å². The molecule has 2 N–H and O–H groups in total. The molecular weight excluding hydrogens is 278 g/mol. The number of anilines is 1. The summed E-state index contributed by atoms with van der Waals surface area (Å²) < 4.78 is 14.9. The molecule has 0 atom stereocenters. The second-order valence-electron chi connectivity index (χ2n) is 4.27. The van der Waals surface area contributed by atoms with Crippen molar-refractivity contribution < 1.29 is 4.39 Å². The lowest BCUT2D eigenvalue weighted by molar-refractivity contribution is 0.627. The lowest BCUT2D eigenvalue weighted by Gasteiger charge is -2.07. The van der Waals surface area contributed by atoms with Gasteiger partial charge in [0.2, 0.25) is 0 Å². The molecule has 3 rings (SSSR count). The molecule has 0 bridgehead atoms. The molecule has 0 aliphatic heterocycles. The third kappa shape index (κ3) is 1.83. The van der Waals surface area contributed by atoms with E-state index in [4.69, 9.17) is 28.9 Å². The van der Waals surface area contributed by atoms with E-state index in [1.54, 1.807) is 4.68 Å². The van der Waals surface area contributed by atoms with Crippen molar-refractivity contribution in [3.8, 4) is 5.69 Å². The van der Waals surface area contributed by atoms with Crippen molar-refractivity contribution in [2.24, 2.45) is 0 Å². The molecule has 1 heterocycles. The average molecular weight is 287 g/mol. The van der Waals surface area contributed by atoms with Gasteiger partial charge in [0.25, 0.3) is 0 Å². The maximum atomic E-state index is 13.4. The summed E-state index contributed by atoms with van der Waals surface area (Å²) in [5.74, 6) is 0.125. The Bertz CT molecular complexity index is 598. The average Bonchev–Trinajstić information content (AvgIpc) is 3.09. The number of nitrogens with two attached hydrogens (primary N) is 1. The highest BCUT2D eigenvalue weighted by atomic mass is 35.5. The zero-order valence-corrected chi connectivity index (χ0v) is 10.7. The summed E-state index contributed by atoms with van der Waals surface area (Å²) in [7, 11) is 0. The van der Waals surface area contributed by atoms with Gasteiger partial charge in [0, 0.05) is 5.92 Å². The number of nitrogen functional groups attached to an aromatic ring is 1. The Morgan fingerprint density at radius 1 is 1.28 bits per heavy atom. The second-order valence-corrected chi connectivity index (χ2v) is 5.08. The predicted molar refractivity (Wildman–Crippen MR) is 67.7 cm³/mol. The maximum absolute atomic E-state index is 13.4. The summed E-state index contributed by atoms with van der Waals surface area (Å²) >= 11 is 11.5. The van der Waals surface area contributed by atoms with Crippen LogP contribution >= 0.6 is 23.2 Å². The highest BCUT2D eigenvalue weighted by Gasteiger charge is 2.31. The van der Waals surface area contributed by atoms with E-state index in [2.05, 4.69) is 10.3 Å². The topological polar surface area (TPSA) is 56.7 Å². The molecule has 7 heteroatoms. The van der Waals surface area contributed by atoms with E-state index in [1.165, 1.54) is 12.1 Å². The minimum atomic E-state index is -0.636. The van der Waals surface area contributed by atoms with Crippen LogP contribution in [0.3, 0.4) is 0 Å². The summed E-state index contributed by atoms with van der Waals surface area (Å²) in [4.78, 5) is 0. The van der Waals surface area contributed by atoms with Crippen molar-refractivity contribution in [2.45, 2.75) is 18.8 Å². The number of halogens is 3. The molecule has 0 unspecified atom stereocenters. The monoisotopic (exact) mass is 286 g/mol. The van der Waals surface area contributed by atoms with E-state index in [0.29, 0.717) is 17.4 Å². The lowest BCUT2D eigenvalue weighted by atomic mass is 10.2. The first-order chi connectivity index (χ1) is 8.58. The molecular formula is C11H9Cl2FN4. The van der Waals surface area contributed by atoms with Gasteiger partial charge in [-0.1, -0.05) is 28.4 Å². The molecule has 1 aliphatic rings. The zero-order valence-electron chi connectivity index (χ0n) is 9.20. The first kappa shape index (κ1) is 11.7. The van der Waals surface area contributed by atoms with Crippen LogP contribution in [0.5, 0.6) is 0 Å². The molecule has 0 spiro atoms. The molecule has 94 valence electrons. The summed E-state index contributed by atoms with van der Waals surface area (Å²) in [5.41, 5.74) is 7.20. The Labute approximate surface area is 112 Å². The Morgan fingerprint density at radius 2 is 1.89 bits per heavy atom. The molecule has 0 radical (unpaired) electrons. The smallest absolute Gasteiger partial charge is 0.169 e. The predicted octanol–water partition coefficient (Wildman–Crippen LogP) is 3.17. The summed E-state index contributed by atoms with van der Waals surface area (Å²) in [6, 6.07) is 2.92. The first-order valence-electron chi connectivity index (χ1n) is 5.44. The molecule has 0 amide bonds. The van der Waals surface area contributed by atoms with Crippen molar-refractivity contribution in [3.05, 3.63) is 33.7 Å². The Morgan fingerprint density at radius 3 is 2.44 bits per heavy atom. The van der Waals surface area contributed by atoms with Gasteiger partial charge in [-0.15, -0.1) is 5.10 Å². The van der Waals surface area contributed by atoms with Gasteiger partial charge in [-0.3, -0.25) is 0 Å². The molecule has 4 nitrogen and oxygen atoms in total. The fraction of sp³-hybridized carbons (Fsp3) is 0.273. The normalized spacial score (nSPS) is 15.1. The van der Waals surface area contributed by atoms with Gasteiger partial charge < -0.3 is 5.73 Å². The molecule has 18 heavy (non-hydrogen) atoms.